The molecule has 1 unspecified atom stereocenters. The minimum Gasteiger partial charge on any atom is -0.494 e. The first-order chi connectivity index (χ1) is 9.26. The minimum absolute atomic E-state index is 0.523. The third-order valence-electron chi connectivity index (χ3n) is 4.40. The molecule has 2 heteroatoms. The van der Waals surface area contributed by atoms with E-state index in [9.17, 15) is 0 Å². The van der Waals surface area contributed by atoms with Gasteiger partial charge in [0.2, 0.25) is 0 Å². The van der Waals surface area contributed by atoms with Gasteiger partial charge in [0, 0.05) is 0 Å². The summed E-state index contributed by atoms with van der Waals surface area (Å²) >= 11 is 0. The summed E-state index contributed by atoms with van der Waals surface area (Å²) in [4.78, 5) is 0. The lowest BCUT2D eigenvalue weighted by Crippen LogP contribution is -2.23. The lowest BCUT2D eigenvalue weighted by atomic mass is 9.76. The van der Waals surface area contributed by atoms with Crippen molar-refractivity contribution in [1.29, 1.82) is 0 Å². The summed E-state index contributed by atoms with van der Waals surface area (Å²) in [6, 6.07) is 6.60. The maximum atomic E-state index is 6.05. The van der Waals surface area contributed by atoms with Crippen molar-refractivity contribution in [1.82, 2.24) is 0 Å². The first kappa shape index (κ1) is 14.4. The molecule has 2 nitrogen and oxygen atoms in total. The normalized spacial score (nSPS) is 18.3. The van der Waals surface area contributed by atoms with E-state index in [1.807, 2.05) is 6.92 Å². The predicted octanol–water partition coefficient (Wildman–Crippen LogP) is 4.02. The Kier molecular flexibility index (Phi) is 5.26. The molecule has 1 aliphatic carbocycles. The molecular weight excluding hydrogens is 234 g/mol. The molecule has 19 heavy (non-hydrogen) atoms. The van der Waals surface area contributed by atoms with E-state index in [4.69, 9.17) is 10.5 Å². The molecule has 1 fully saturated rings. The third-order valence-corrected chi connectivity index (χ3v) is 4.40. The number of hydrogen-bond acceptors (Lipinski definition) is 2. The van der Waals surface area contributed by atoms with Gasteiger partial charge in [0.25, 0.3) is 0 Å². The van der Waals surface area contributed by atoms with Gasteiger partial charge in [0.15, 0.2) is 0 Å². The SMILES string of the molecule is CCOc1ccc(C(CN)C2CCCCC2)cc1C. The summed E-state index contributed by atoms with van der Waals surface area (Å²) in [7, 11) is 0. The van der Waals surface area contributed by atoms with Crippen LogP contribution in [-0.4, -0.2) is 13.2 Å². The fraction of sp³-hybridized carbons (Fsp3) is 0.647. The van der Waals surface area contributed by atoms with Crippen molar-refractivity contribution in [2.45, 2.75) is 51.9 Å². The molecule has 0 aromatic heterocycles. The van der Waals surface area contributed by atoms with Crippen molar-refractivity contribution in [3.05, 3.63) is 29.3 Å². The molecule has 1 aliphatic rings. The molecule has 106 valence electrons. The van der Waals surface area contributed by atoms with Crippen molar-refractivity contribution in [3.63, 3.8) is 0 Å². The van der Waals surface area contributed by atoms with E-state index in [2.05, 4.69) is 25.1 Å². The molecule has 2 N–H and O–H groups in total. The quantitative estimate of drug-likeness (QED) is 0.869. The second-order valence-corrected chi connectivity index (χ2v) is 5.70. The van der Waals surface area contributed by atoms with Crippen molar-refractivity contribution in [2.75, 3.05) is 13.2 Å². The Morgan fingerprint density at radius 3 is 2.58 bits per heavy atom. The fourth-order valence-corrected chi connectivity index (χ4v) is 3.36. The molecule has 0 radical (unpaired) electrons. The van der Waals surface area contributed by atoms with Gasteiger partial charge in [-0.1, -0.05) is 31.4 Å². The van der Waals surface area contributed by atoms with Crippen molar-refractivity contribution in [2.24, 2.45) is 11.7 Å². The van der Waals surface area contributed by atoms with Gasteiger partial charge in [-0.05, 0) is 62.3 Å². The molecule has 0 spiro atoms. The molecule has 1 aromatic carbocycles. The molecule has 0 amide bonds. The average Bonchev–Trinajstić information content (AvgIpc) is 2.44. The number of ether oxygens (including phenoxy) is 1. The summed E-state index contributed by atoms with van der Waals surface area (Å²) in [6.07, 6.45) is 6.83. The van der Waals surface area contributed by atoms with E-state index in [0.717, 1.165) is 24.8 Å². The van der Waals surface area contributed by atoms with Crippen molar-refractivity contribution >= 4 is 0 Å². The highest BCUT2D eigenvalue weighted by Crippen LogP contribution is 2.36. The molecule has 1 aromatic rings. The van der Waals surface area contributed by atoms with Crippen LogP contribution in [0.25, 0.3) is 0 Å². The molecule has 0 saturated heterocycles. The molecule has 1 saturated carbocycles. The average molecular weight is 261 g/mol. The van der Waals surface area contributed by atoms with Gasteiger partial charge in [-0.25, -0.2) is 0 Å². The second kappa shape index (κ2) is 6.95. The summed E-state index contributed by atoms with van der Waals surface area (Å²) < 4.78 is 5.62. The zero-order chi connectivity index (χ0) is 13.7. The van der Waals surface area contributed by atoms with Crippen LogP contribution in [-0.2, 0) is 0 Å². The highest BCUT2D eigenvalue weighted by Gasteiger charge is 2.24. The van der Waals surface area contributed by atoms with Gasteiger partial charge in [-0.2, -0.15) is 0 Å². The van der Waals surface area contributed by atoms with E-state index in [1.165, 1.54) is 43.2 Å². The monoisotopic (exact) mass is 261 g/mol. The van der Waals surface area contributed by atoms with Crippen molar-refractivity contribution in [3.8, 4) is 5.75 Å². The van der Waals surface area contributed by atoms with Crippen LogP contribution in [0.15, 0.2) is 18.2 Å². The molecule has 0 aliphatic heterocycles. The van der Waals surface area contributed by atoms with Gasteiger partial charge in [-0.3, -0.25) is 0 Å². The van der Waals surface area contributed by atoms with Crippen LogP contribution >= 0.6 is 0 Å². The Labute approximate surface area is 117 Å². The zero-order valence-corrected chi connectivity index (χ0v) is 12.3. The maximum absolute atomic E-state index is 6.05. The fourth-order valence-electron chi connectivity index (χ4n) is 3.36. The number of nitrogens with two attached hydrogens (primary N) is 1. The predicted molar refractivity (Wildman–Crippen MR) is 80.7 cm³/mol. The van der Waals surface area contributed by atoms with Crippen LogP contribution in [0.1, 0.15) is 56.1 Å². The Hall–Kier alpha value is -1.02. The van der Waals surface area contributed by atoms with Gasteiger partial charge in [0.05, 0.1) is 6.61 Å². The topological polar surface area (TPSA) is 35.2 Å². The third kappa shape index (κ3) is 3.50. The van der Waals surface area contributed by atoms with E-state index in [1.54, 1.807) is 0 Å². The molecule has 1 atom stereocenters. The van der Waals surface area contributed by atoms with Crippen LogP contribution in [0.3, 0.4) is 0 Å². The van der Waals surface area contributed by atoms with Crippen molar-refractivity contribution < 1.29 is 4.74 Å². The maximum Gasteiger partial charge on any atom is 0.122 e. The van der Waals surface area contributed by atoms with Gasteiger partial charge in [0.1, 0.15) is 5.75 Å². The Morgan fingerprint density at radius 1 is 1.26 bits per heavy atom. The smallest absolute Gasteiger partial charge is 0.122 e. The van der Waals surface area contributed by atoms with E-state index in [-0.39, 0.29) is 0 Å². The van der Waals surface area contributed by atoms with E-state index in [0.29, 0.717) is 5.92 Å². The molecular formula is C17H27NO. The Morgan fingerprint density at radius 2 is 2.00 bits per heavy atom. The Balaban J connectivity index is 2.15. The molecule has 0 heterocycles. The zero-order valence-electron chi connectivity index (χ0n) is 12.3. The van der Waals surface area contributed by atoms with E-state index >= 15 is 0 Å². The highest BCUT2D eigenvalue weighted by atomic mass is 16.5. The van der Waals surface area contributed by atoms with Crippen LogP contribution in [0.2, 0.25) is 0 Å². The van der Waals surface area contributed by atoms with Crippen LogP contribution in [0, 0.1) is 12.8 Å². The number of hydrogen-bond donors (Lipinski definition) is 1. The van der Waals surface area contributed by atoms with Crippen LogP contribution < -0.4 is 10.5 Å². The lowest BCUT2D eigenvalue weighted by molar-refractivity contribution is 0.306. The standard InChI is InChI=1S/C17H27NO/c1-3-19-17-10-9-15(11-13(17)2)16(12-18)14-7-5-4-6-8-14/h9-11,14,16H,3-8,12,18H2,1-2H3. The van der Waals surface area contributed by atoms with Crippen LogP contribution in [0.5, 0.6) is 5.75 Å². The van der Waals surface area contributed by atoms with Gasteiger partial charge < -0.3 is 10.5 Å². The summed E-state index contributed by atoms with van der Waals surface area (Å²) in [5.74, 6) is 2.30. The number of aryl methyl sites for hydroxylation is 1. The minimum atomic E-state index is 0.523. The number of rotatable bonds is 5. The van der Waals surface area contributed by atoms with Gasteiger partial charge >= 0.3 is 0 Å². The van der Waals surface area contributed by atoms with E-state index < -0.39 is 0 Å². The Bertz CT molecular complexity index is 396. The van der Waals surface area contributed by atoms with Gasteiger partial charge in [-0.15, -0.1) is 0 Å². The lowest BCUT2D eigenvalue weighted by Gasteiger charge is -2.30. The summed E-state index contributed by atoms with van der Waals surface area (Å²) in [5, 5.41) is 0. The summed E-state index contributed by atoms with van der Waals surface area (Å²) in [5.41, 5.74) is 8.68. The first-order valence-corrected chi connectivity index (χ1v) is 7.69. The second-order valence-electron chi connectivity index (χ2n) is 5.70. The highest BCUT2D eigenvalue weighted by molar-refractivity contribution is 5.38. The summed E-state index contributed by atoms with van der Waals surface area (Å²) in [6.45, 7) is 5.64. The molecule has 2 rings (SSSR count). The largest absolute Gasteiger partial charge is 0.494 e. The molecule has 0 bridgehead atoms. The number of benzene rings is 1. The first-order valence-electron chi connectivity index (χ1n) is 7.69. The van der Waals surface area contributed by atoms with Crippen LogP contribution in [0.4, 0.5) is 0 Å².